The monoisotopic (exact) mass is 385 g/mol. The van der Waals surface area contributed by atoms with Gasteiger partial charge in [0.05, 0.1) is 15.3 Å². The first-order chi connectivity index (χ1) is 9.94. The van der Waals surface area contributed by atoms with Crippen LogP contribution in [0.3, 0.4) is 0 Å². The minimum atomic E-state index is -3.67. The first kappa shape index (κ1) is 14.3. The van der Waals surface area contributed by atoms with Gasteiger partial charge in [-0.2, -0.15) is 0 Å². The van der Waals surface area contributed by atoms with E-state index >= 15 is 0 Å². The predicted molar refractivity (Wildman–Crippen MR) is 85.3 cm³/mol. The van der Waals surface area contributed by atoms with Gasteiger partial charge in [-0.1, -0.05) is 27.3 Å². The molecule has 0 atom stereocenters. The quantitative estimate of drug-likeness (QED) is 0.749. The second kappa shape index (κ2) is 5.28. The molecule has 0 unspecified atom stereocenters. The highest BCUT2D eigenvalue weighted by molar-refractivity contribution is 9.10. The third-order valence-corrected chi connectivity index (χ3v) is 5.42. The first-order valence-corrected chi connectivity index (χ1v) is 8.85. The van der Waals surface area contributed by atoms with Gasteiger partial charge in [-0.15, -0.1) is 0 Å². The van der Waals surface area contributed by atoms with Gasteiger partial charge in [-0.25, -0.2) is 13.2 Å². The molecule has 108 valence electrons. The summed E-state index contributed by atoms with van der Waals surface area (Å²) >= 11 is 4.18. The van der Waals surface area contributed by atoms with Crippen molar-refractivity contribution in [2.24, 2.45) is 0 Å². The van der Waals surface area contributed by atoms with Gasteiger partial charge in [0.25, 0.3) is 10.0 Å². The molecule has 5 nitrogen and oxygen atoms in total. The Bertz CT molecular complexity index is 958. The van der Waals surface area contributed by atoms with Crippen LogP contribution in [0.1, 0.15) is 0 Å². The number of fused-ring (bicyclic) bond motifs is 1. The zero-order valence-corrected chi connectivity index (χ0v) is 13.6. The highest BCUT2D eigenvalue weighted by Crippen LogP contribution is 2.24. The van der Waals surface area contributed by atoms with Crippen molar-refractivity contribution in [3.05, 3.63) is 56.7 Å². The molecule has 0 radical (unpaired) electrons. The lowest BCUT2D eigenvalue weighted by molar-refractivity contribution is 0.585. The maximum absolute atomic E-state index is 12.2. The Morgan fingerprint density at radius 3 is 2.52 bits per heavy atom. The van der Waals surface area contributed by atoms with Crippen molar-refractivity contribution in [2.45, 2.75) is 4.90 Å². The molecule has 3 rings (SSSR count). The largest absolute Gasteiger partial charge is 0.414 e. The van der Waals surface area contributed by atoms with E-state index in [1.807, 2.05) is 0 Å². The van der Waals surface area contributed by atoms with Gasteiger partial charge >= 0.3 is 4.94 Å². The second-order valence-corrected chi connectivity index (χ2v) is 7.75. The van der Waals surface area contributed by atoms with E-state index in [1.54, 1.807) is 30.3 Å². The van der Waals surface area contributed by atoms with Crippen LogP contribution < -0.4 is 9.66 Å². The van der Waals surface area contributed by atoms with Crippen molar-refractivity contribution < 1.29 is 12.8 Å². The van der Waals surface area contributed by atoms with Gasteiger partial charge in [-0.05, 0) is 42.5 Å². The molecule has 1 heterocycles. The van der Waals surface area contributed by atoms with Crippen LogP contribution in [-0.2, 0) is 10.0 Å². The summed E-state index contributed by atoms with van der Waals surface area (Å²) in [4.78, 5) is 10.9. The summed E-state index contributed by atoms with van der Waals surface area (Å²) < 4.78 is 33.3. The van der Waals surface area contributed by atoms with Crippen LogP contribution in [0.25, 0.3) is 10.3 Å². The Labute approximate surface area is 132 Å². The summed E-state index contributed by atoms with van der Waals surface area (Å²) in [7, 11) is -3.67. The van der Waals surface area contributed by atoms with Gasteiger partial charge in [0.15, 0.2) is 0 Å². The average molecular weight is 386 g/mol. The zero-order valence-electron chi connectivity index (χ0n) is 10.4. The second-order valence-electron chi connectivity index (χ2n) is 4.18. The first-order valence-electron chi connectivity index (χ1n) is 5.76. The molecule has 0 amide bonds. The van der Waals surface area contributed by atoms with Crippen molar-refractivity contribution in [1.29, 1.82) is 0 Å². The number of halogens is 1. The molecule has 8 heteroatoms. The SMILES string of the molecule is O=c1oc2ccc(NS(=O)(=O)c3ccc(Br)cc3)cc2s1. The Hall–Kier alpha value is -1.64. The van der Waals surface area contributed by atoms with Gasteiger partial charge < -0.3 is 4.42 Å². The summed E-state index contributed by atoms with van der Waals surface area (Å²) in [5.41, 5.74) is 0.819. The van der Waals surface area contributed by atoms with E-state index in [1.165, 1.54) is 12.1 Å². The number of sulfonamides is 1. The van der Waals surface area contributed by atoms with Crippen LogP contribution in [0.4, 0.5) is 5.69 Å². The number of anilines is 1. The summed E-state index contributed by atoms with van der Waals surface area (Å²) in [6, 6.07) is 11.0. The van der Waals surface area contributed by atoms with Gasteiger partial charge in [0.2, 0.25) is 0 Å². The lowest BCUT2D eigenvalue weighted by atomic mass is 10.3. The van der Waals surface area contributed by atoms with Crippen LogP contribution in [0, 0.1) is 0 Å². The normalized spacial score (nSPS) is 11.7. The number of hydrogen-bond acceptors (Lipinski definition) is 5. The average Bonchev–Trinajstić information content (AvgIpc) is 2.78. The standard InChI is InChI=1S/C13H8BrNO4S2/c14-8-1-4-10(5-2-8)21(17,18)15-9-3-6-11-12(7-9)20-13(16)19-11/h1-7,15H. The molecule has 0 aliphatic heterocycles. The molecule has 0 saturated heterocycles. The van der Waals surface area contributed by atoms with E-state index in [0.29, 0.717) is 16.0 Å². The molecular formula is C13H8BrNO4S2. The number of rotatable bonds is 3. The van der Waals surface area contributed by atoms with Crippen molar-refractivity contribution in [1.82, 2.24) is 0 Å². The van der Waals surface area contributed by atoms with E-state index < -0.39 is 15.0 Å². The Morgan fingerprint density at radius 1 is 1.10 bits per heavy atom. The number of benzene rings is 2. The van der Waals surface area contributed by atoms with Crippen LogP contribution in [0.5, 0.6) is 0 Å². The van der Waals surface area contributed by atoms with E-state index in [9.17, 15) is 13.2 Å². The fourth-order valence-corrected chi connectivity index (χ4v) is 3.78. The molecule has 3 aromatic rings. The summed E-state index contributed by atoms with van der Waals surface area (Å²) in [6.07, 6.45) is 0. The van der Waals surface area contributed by atoms with Gasteiger partial charge in [0, 0.05) is 4.47 Å². The molecule has 0 spiro atoms. The van der Waals surface area contributed by atoms with Crippen molar-refractivity contribution in [3.63, 3.8) is 0 Å². The molecule has 1 aromatic heterocycles. The molecule has 0 aliphatic carbocycles. The lowest BCUT2D eigenvalue weighted by Gasteiger charge is -2.07. The van der Waals surface area contributed by atoms with Crippen molar-refractivity contribution in [2.75, 3.05) is 4.72 Å². The Kier molecular flexibility index (Phi) is 3.60. The summed E-state index contributed by atoms with van der Waals surface area (Å²) in [5.74, 6) is 0. The van der Waals surface area contributed by atoms with Crippen molar-refractivity contribution in [3.8, 4) is 0 Å². The molecule has 21 heavy (non-hydrogen) atoms. The molecule has 1 N–H and O–H groups in total. The fourth-order valence-electron chi connectivity index (χ4n) is 1.76. The molecule has 0 fully saturated rings. The van der Waals surface area contributed by atoms with Crippen molar-refractivity contribution >= 4 is 53.3 Å². The van der Waals surface area contributed by atoms with E-state index in [2.05, 4.69) is 20.7 Å². The summed E-state index contributed by atoms with van der Waals surface area (Å²) in [5, 5.41) is 0. The predicted octanol–water partition coefficient (Wildman–Crippen LogP) is 3.42. The summed E-state index contributed by atoms with van der Waals surface area (Å²) in [6.45, 7) is 0. The van der Waals surface area contributed by atoms with E-state index in [4.69, 9.17) is 4.42 Å². The van der Waals surface area contributed by atoms with E-state index in [0.717, 1.165) is 15.8 Å². The van der Waals surface area contributed by atoms with E-state index in [-0.39, 0.29) is 4.90 Å². The molecule has 0 aliphatic rings. The highest BCUT2D eigenvalue weighted by atomic mass is 79.9. The van der Waals surface area contributed by atoms with Crippen LogP contribution >= 0.6 is 27.3 Å². The van der Waals surface area contributed by atoms with Gasteiger partial charge in [0.1, 0.15) is 5.58 Å². The third kappa shape index (κ3) is 3.02. The lowest BCUT2D eigenvalue weighted by Crippen LogP contribution is -2.12. The van der Waals surface area contributed by atoms with Gasteiger partial charge in [-0.3, -0.25) is 4.72 Å². The topological polar surface area (TPSA) is 76.4 Å². The smallest absolute Gasteiger partial charge is 0.396 e. The van der Waals surface area contributed by atoms with Crippen LogP contribution in [-0.4, -0.2) is 8.42 Å². The Balaban J connectivity index is 1.96. The molecule has 2 aromatic carbocycles. The Morgan fingerprint density at radius 2 is 1.81 bits per heavy atom. The molecular weight excluding hydrogens is 378 g/mol. The third-order valence-electron chi connectivity index (χ3n) is 2.71. The minimum Gasteiger partial charge on any atom is -0.414 e. The number of hydrogen-bond donors (Lipinski definition) is 1. The number of nitrogens with one attached hydrogen (secondary N) is 1. The molecule has 0 bridgehead atoms. The minimum absolute atomic E-state index is 0.158. The molecule has 0 saturated carbocycles. The van der Waals surface area contributed by atoms with Crippen LogP contribution in [0.2, 0.25) is 0 Å². The maximum atomic E-state index is 12.2. The van der Waals surface area contributed by atoms with Crippen LogP contribution in [0.15, 0.2) is 61.0 Å². The maximum Gasteiger partial charge on any atom is 0.396 e. The fraction of sp³-hybridized carbons (Fsp3) is 0. The zero-order chi connectivity index (χ0) is 15.0. The highest BCUT2D eigenvalue weighted by Gasteiger charge is 2.14.